The maximum atomic E-state index is 13.3. The molecule has 0 radical (unpaired) electrons. The van der Waals surface area contributed by atoms with Crippen LogP contribution in [-0.2, 0) is 0 Å². The number of imide groups is 1. The van der Waals surface area contributed by atoms with Gasteiger partial charge >= 0.3 is 0 Å². The van der Waals surface area contributed by atoms with Crippen LogP contribution in [0.15, 0.2) is 30.3 Å². The number of benzene rings is 2. The van der Waals surface area contributed by atoms with Gasteiger partial charge in [-0.1, -0.05) is 70.4 Å². The number of piperidine rings is 1. The van der Waals surface area contributed by atoms with Crippen molar-refractivity contribution in [3.63, 3.8) is 0 Å². The maximum absolute atomic E-state index is 13.3. The van der Waals surface area contributed by atoms with Crippen molar-refractivity contribution in [2.75, 3.05) is 24.5 Å². The molecule has 2 aromatic rings. The second-order valence-electron chi connectivity index (χ2n) is 9.50. The molecule has 0 atom stereocenters. The highest BCUT2D eigenvalue weighted by Gasteiger charge is 2.33. The first-order valence-corrected chi connectivity index (χ1v) is 12.9. The first-order chi connectivity index (χ1) is 15.7. The summed E-state index contributed by atoms with van der Waals surface area (Å²) in [5.74, 6) is -0.244. The summed E-state index contributed by atoms with van der Waals surface area (Å²) in [6.45, 7) is 4.86. The van der Waals surface area contributed by atoms with E-state index in [4.69, 9.17) is 0 Å². The third-order valence-corrected chi connectivity index (χ3v) is 7.15. The Balaban J connectivity index is 1.41. The highest BCUT2D eigenvalue weighted by atomic mass is 16.2. The summed E-state index contributed by atoms with van der Waals surface area (Å²) < 4.78 is 0. The van der Waals surface area contributed by atoms with E-state index in [0.29, 0.717) is 17.7 Å². The van der Waals surface area contributed by atoms with E-state index in [9.17, 15) is 9.59 Å². The summed E-state index contributed by atoms with van der Waals surface area (Å²) >= 11 is 0. The number of carbonyl (C=O) groups excluding carboxylic acids is 2. The molecule has 4 nitrogen and oxygen atoms in total. The van der Waals surface area contributed by atoms with Gasteiger partial charge in [0.25, 0.3) is 11.8 Å². The fraction of sp³-hybridized carbons (Fsp3) is 0.571. The number of nitrogens with zero attached hydrogens (tertiary/aromatic N) is 2. The summed E-state index contributed by atoms with van der Waals surface area (Å²) in [5, 5.41) is 1.90. The van der Waals surface area contributed by atoms with Crippen molar-refractivity contribution in [2.24, 2.45) is 0 Å². The molecule has 0 saturated carbocycles. The fourth-order valence-electron chi connectivity index (χ4n) is 5.33. The van der Waals surface area contributed by atoms with Crippen LogP contribution in [0.25, 0.3) is 10.8 Å². The van der Waals surface area contributed by atoms with Gasteiger partial charge in [-0.15, -0.1) is 0 Å². The molecule has 0 aliphatic carbocycles. The van der Waals surface area contributed by atoms with Gasteiger partial charge in [-0.25, -0.2) is 0 Å². The molecular formula is C28H38N2O2. The van der Waals surface area contributed by atoms with Gasteiger partial charge in [0, 0.05) is 47.2 Å². The molecule has 32 heavy (non-hydrogen) atoms. The average molecular weight is 435 g/mol. The molecule has 0 bridgehead atoms. The lowest BCUT2D eigenvalue weighted by Gasteiger charge is -2.32. The van der Waals surface area contributed by atoms with Gasteiger partial charge in [0.05, 0.1) is 0 Å². The Labute approximate surface area is 193 Å². The van der Waals surface area contributed by atoms with Gasteiger partial charge in [-0.2, -0.15) is 0 Å². The van der Waals surface area contributed by atoms with Crippen LogP contribution in [0.3, 0.4) is 0 Å². The van der Waals surface area contributed by atoms with Crippen LogP contribution in [0.5, 0.6) is 0 Å². The number of anilines is 1. The number of hydrogen-bond acceptors (Lipinski definition) is 3. The summed E-state index contributed by atoms with van der Waals surface area (Å²) in [4.78, 5) is 30.4. The zero-order valence-corrected chi connectivity index (χ0v) is 19.7. The first-order valence-electron chi connectivity index (χ1n) is 12.9. The molecular weight excluding hydrogens is 396 g/mol. The smallest absolute Gasteiger partial charge is 0.261 e. The largest absolute Gasteiger partial charge is 0.371 e. The van der Waals surface area contributed by atoms with Crippen molar-refractivity contribution in [1.29, 1.82) is 0 Å². The summed E-state index contributed by atoms with van der Waals surface area (Å²) in [6.07, 6.45) is 14.7. The Morgan fingerprint density at radius 1 is 0.719 bits per heavy atom. The van der Waals surface area contributed by atoms with E-state index in [2.05, 4.69) is 24.0 Å². The minimum atomic E-state index is -0.122. The highest BCUT2D eigenvalue weighted by Crippen LogP contribution is 2.37. The average Bonchev–Trinajstić information content (AvgIpc) is 2.83. The molecule has 4 rings (SSSR count). The second-order valence-corrected chi connectivity index (χ2v) is 9.50. The normalized spacial score (nSPS) is 16.3. The van der Waals surface area contributed by atoms with E-state index in [0.717, 1.165) is 36.7 Å². The molecule has 0 spiro atoms. The van der Waals surface area contributed by atoms with Crippen LogP contribution in [0, 0.1) is 0 Å². The molecule has 1 saturated heterocycles. The Morgan fingerprint density at radius 3 is 2.03 bits per heavy atom. The standard InChI is InChI=1S/C28H38N2O2/c1-2-3-4-5-6-7-8-9-13-21-30-27(31)23-16-14-15-22-25(29-19-11-10-12-20-29)18-17-24(26(22)23)28(30)32/h14-18H,2-13,19-21H2,1H3. The highest BCUT2D eigenvalue weighted by molar-refractivity contribution is 6.26. The molecule has 0 aromatic heterocycles. The quantitative estimate of drug-likeness (QED) is 0.284. The van der Waals surface area contributed by atoms with Crippen LogP contribution in [-0.4, -0.2) is 36.3 Å². The molecule has 2 aromatic carbocycles. The monoisotopic (exact) mass is 434 g/mol. The van der Waals surface area contributed by atoms with Crippen LogP contribution in [0.4, 0.5) is 5.69 Å². The zero-order chi connectivity index (χ0) is 22.3. The van der Waals surface area contributed by atoms with Crippen molar-refractivity contribution in [1.82, 2.24) is 4.90 Å². The minimum absolute atomic E-state index is 0.122. The van der Waals surface area contributed by atoms with E-state index in [1.165, 1.54) is 74.8 Å². The maximum Gasteiger partial charge on any atom is 0.261 e. The Hall–Kier alpha value is -2.36. The Morgan fingerprint density at radius 2 is 1.34 bits per heavy atom. The molecule has 4 heteroatoms. The minimum Gasteiger partial charge on any atom is -0.371 e. The number of unbranched alkanes of at least 4 members (excludes halogenated alkanes) is 8. The summed E-state index contributed by atoms with van der Waals surface area (Å²) in [7, 11) is 0. The van der Waals surface area contributed by atoms with E-state index < -0.39 is 0 Å². The number of amides is 2. The molecule has 0 unspecified atom stereocenters. The number of hydrogen-bond donors (Lipinski definition) is 0. The van der Waals surface area contributed by atoms with E-state index in [-0.39, 0.29) is 11.8 Å². The first kappa shape index (κ1) is 22.8. The lowest BCUT2D eigenvalue weighted by Crippen LogP contribution is -2.41. The Bertz CT molecular complexity index is 924. The fourth-order valence-corrected chi connectivity index (χ4v) is 5.33. The van der Waals surface area contributed by atoms with E-state index >= 15 is 0 Å². The molecule has 172 valence electrons. The second kappa shape index (κ2) is 11.0. The van der Waals surface area contributed by atoms with Gasteiger partial charge in [0.15, 0.2) is 0 Å². The van der Waals surface area contributed by atoms with Crippen LogP contribution in [0.1, 0.15) is 105 Å². The van der Waals surface area contributed by atoms with Gasteiger partial charge in [0.2, 0.25) is 0 Å². The predicted molar refractivity (Wildman–Crippen MR) is 133 cm³/mol. The number of rotatable bonds is 11. The summed E-state index contributed by atoms with van der Waals surface area (Å²) in [6, 6.07) is 9.98. The van der Waals surface area contributed by atoms with Crippen molar-refractivity contribution in [2.45, 2.75) is 84.0 Å². The molecule has 2 aliphatic rings. The topological polar surface area (TPSA) is 40.6 Å². The third-order valence-electron chi connectivity index (χ3n) is 7.15. The SMILES string of the molecule is CCCCCCCCCCCN1C(=O)c2cccc3c(N4CCCCC4)ccc(c23)C1=O. The van der Waals surface area contributed by atoms with Crippen LogP contribution < -0.4 is 4.90 Å². The van der Waals surface area contributed by atoms with Crippen LogP contribution >= 0.6 is 0 Å². The van der Waals surface area contributed by atoms with E-state index in [1.54, 1.807) is 0 Å². The van der Waals surface area contributed by atoms with Gasteiger partial charge in [0.1, 0.15) is 0 Å². The number of carbonyl (C=O) groups is 2. The molecule has 2 heterocycles. The molecule has 1 fully saturated rings. The van der Waals surface area contributed by atoms with Crippen molar-refractivity contribution < 1.29 is 9.59 Å². The molecule has 0 N–H and O–H groups in total. The van der Waals surface area contributed by atoms with Gasteiger partial charge < -0.3 is 4.90 Å². The predicted octanol–water partition coefficient (Wildman–Crippen LogP) is 6.96. The lowest BCUT2D eigenvalue weighted by atomic mass is 9.92. The Kier molecular flexibility index (Phi) is 7.83. The van der Waals surface area contributed by atoms with Gasteiger partial charge in [-0.3, -0.25) is 14.5 Å². The summed E-state index contributed by atoms with van der Waals surface area (Å²) in [5.41, 5.74) is 2.54. The molecule has 2 aliphatic heterocycles. The van der Waals surface area contributed by atoms with Crippen LogP contribution in [0.2, 0.25) is 0 Å². The van der Waals surface area contributed by atoms with Gasteiger partial charge in [-0.05, 0) is 43.9 Å². The van der Waals surface area contributed by atoms with Crippen molar-refractivity contribution >= 4 is 28.3 Å². The third kappa shape index (κ3) is 4.84. The lowest BCUT2D eigenvalue weighted by molar-refractivity contribution is 0.0607. The van der Waals surface area contributed by atoms with E-state index in [1.807, 2.05) is 18.2 Å². The molecule has 2 amide bonds. The zero-order valence-electron chi connectivity index (χ0n) is 19.7. The van der Waals surface area contributed by atoms with Crippen molar-refractivity contribution in [3.05, 3.63) is 41.5 Å². The van der Waals surface area contributed by atoms with Crippen molar-refractivity contribution in [3.8, 4) is 0 Å².